The zero-order valence-electron chi connectivity index (χ0n) is 10.8. The second-order valence-corrected chi connectivity index (χ2v) is 4.52. The molecule has 0 spiro atoms. The van der Waals surface area contributed by atoms with Crippen LogP contribution in [0, 0.1) is 0 Å². The van der Waals surface area contributed by atoms with Crippen LogP contribution in [-0.4, -0.2) is 17.6 Å². The molecule has 2 rings (SSSR count). The van der Waals surface area contributed by atoms with Gasteiger partial charge in [-0.2, -0.15) is 0 Å². The van der Waals surface area contributed by atoms with Crippen LogP contribution in [0.25, 0.3) is 0 Å². The molecule has 0 saturated carbocycles. The van der Waals surface area contributed by atoms with E-state index in [2.05, 4.69) is 24.4 Å². The van der Waals surface area contributed by atoms with Crippen molar-refractivity contribution in [1.82, 2.24) is 5.32 Å². The predicted molar refractivity (Wildman–Crippen MR) is 72.2 cm³/mol. The number of nitrogens with one attached hydrogen (secondary N) is 1. The van der Waals surface area contributed by atoms with E-state index in [4.69, 9.17) is 9.52 Å². The summed E-state index contributed by atoms with van der Waals surface area (Å²) in [5, 5.41) is 12.2. The quantitative estimate of drug-likeness (QED) is 0.837. The summed E-state index contributed by atoms with van der Waals surface area (Å²) in [6.45, 7) is 3.42. The maximum Gasteiger partial charge on any atom is 0.372 e. The first kappa shape index (κ1) is 13.4. The van der Waals surface area contributed by atoms with E-state index in [9.17, 15) is 4.79 Å². The van der Waals surface area contributed by atoms with Gasteiger partial charge in [-0.05, 0) is 17.5 Å². The van der Waals surface area contributed by atoms with E-state index in [-0.39, 0.29) is 5.76 Å². The molecule has 0 saturated heterocycles. The van der Waals surface area contributed by atoms with Crippen molar-refractivity contribution in [3.63, 3.8) is 0 Å². The van der Waals surface area contributed by atoms with Crippen molar-refractivity contribution in [3.8, 4) is 0 Å². The highest BCUT2D eigenvalue weighted by atomic mass is 16.4. The Hall–Kier alpha value is -2.07. The van der Waals surface area contributed by atoms with Crippen LogP contribution in [0.3, 0.4) is 0 Å². The van der Waals surface area contributed by atoms with E-state index < -0.39 is 5.97 Å². The molecule has 0 aliphatic rings. The lowest BCUT2D eigenvalue weighted by atomic mass is 10.0. The fraction of sp³-hybridized carbons (Fsp3) is 0.267. The van der Waals surface area contributed by atoms with Crippen molar-refractivity contribution >= 4 is 5.97 Å². The molecule has 19 heavy (non-hydrogen) atoms. The van der Waals surface area contributed by atoms with Crippen LogP contribution in [0.2, 0.25) is 0 Å². The van der Waals surface area contributed by atoms with Gasteiger partial charge in [0, 0.05) is 18.7 Å². The summed E-state index contributed by atoms with van der Waals surface area (Å²) in [6, 6.07) is 11.9. The Labute approximate surface area is 112 Å². The van der Waals surface area contributed by atoms with Crippen LogP contribution < -0.4 is 5.32 Å². The summed E-state index contributed by atoms with van der Waals surface area (Å²) >= 11 is 0. The molecule has 2 N–H and O–H groups in total. The summed E-state index contributed by atoms with van der Waals surface area (Å²) < 4.78 is 4.93. The van der Waals surface area contributed by atoms with E-state index in [1.165, 1.54) is 11.8 Å². The van der Waals surface area contributed by atoms with Gasteiger partial charge >= 0.3 is 5.97 Å². The Morgan fingerprint density at radius 1 is 1.32 bits per heavy atom. The molecule has 1 atom stereocenters. The van der Waals surface area contributed by atoms with Crippen LogP contribution >= 0.6 is 0 Å². The van der Waals surface area contributed by atoms with Gasteiger partial charge in [-0.15, -0.1) is 0 Å². The van der Waals surface area contributed by atoms with Crippen molar-refractivity contribution in [1.29, 1.82) is 0 Å². The van der Waals surface area contributed by atoms with Crippen LogP contribution in [0.4, 0.5) is 0 Å². The summed E-state index contributed by atoms with van der Waals surface area (Å²) in [5.74, 6) is -0.640. The van der Waals surface area contributed by atoms with Gasteiger partial charge in [-0.1, -0.05) is 37.3 Å². The number of rotatable bonds is 6. The zero-order chi connectivity index (χ0) is 13.7. The molecular formula is C15H17NO3. The van der Waals surface area contributed by atoms with E-state index >= 15 is 0 Å². The third-order valence-electron chi connectivity index (χ3n) is 3.08. The first-order chi connectivity index (χ1) is 9.18. The molecule has 1 aromatic heterocycles. The van der Waals surface area contributed by atoms with Crippen LogP contribution in [0.1, 0.15) is 34.5 Å². The molecule has 1 heterocycles. The Bertz CT molecular complexity index is 533. The van der Waals surface area contributed by atoms with E-state index in [0.29, 0.717) is 18.0 Å². The first-order valence-electron chi connectivity index (χ1n) is 6.24. The molecule has 0 aliphatic heterocycles. The highest BCUT2D eigenvalue weighted by molar-refractivity contribution is 5.86. The number of hydrogen-bond acceptors (Lipinski definition) is 3. The smallest absolute Gasteiger partial charge is 0.372 e. The predicted octanol–water partition coefficient (Wildman–Crippen LogP) is 2.87. The average molecular weight is 259 g/mol. The summed E-state index contributed by atoms with van der Waals surface area (Å²) in [5.41, 5.74) is 1.94. The summed E-state index contributed by atoms with van der Waals surface area (Å²) in [6.07, 6.45) is 1.40. The highest BCUT2D eigenvalue weighted by Crippen LogP contribution is 2.14. The minimum atomic E-state index is -1.03. The number of aromatic carboxylic acids is 1. The zero-order valence-corrected chi connectivity index (χ0v) is 10.8. The second kappa shape index (κ2) is 6.20. The normalized spacial score (nSPS) is 12.3. The van der Waals surface area contributed by atoms with Gasteiger partial charge in [0.05, 0.1) is 6.26 Å². The van der Waals surface area contributed by atoms with Crippen molar-refractivity contribution in [3.05, 3.63) is 59.5 Å². The summed E-state index contributed by atoms with van der Waals surface area (Å²) in [4.78, 5) is 10.9. The van der Waals surface area contributed by atoms with Crippen molar-refractivity contribution < 1.29 is 14.3 Å². The maximum absolute atomic E-state index is 10.9. The van der Waals surface area contributed by atoms with Gasteiger partial charge in [0.25, 0.3) is 0 Å². The van der Waals surface area contributed by atoms with Gasteiger partial charge in [-0.3, -0.25) is 0 Å². The number of carboxylic acid groups (broad SMARTS) is 1. The molecule has 1 unspecified atom stereocenters. The maximum atomic E-state index is 10.9. The highest BCUT2D eigenvalue weighted by Gasteiger charge is 2.13. The minimum Gasteiger partial charge on any atom is -0.475 e. The lowest BCUT2D eigenvalue weighted by molar-refractivity contribution is 0.0660. The number of hydrogen-bond donors (Lipinski definition) is 2. The van der Waals surface area contributed by atoms with Gasteiger partial charge in [0.1, 0.15) is 0 Å². The molecule has 4 nitrogen and oxygen atoms in total. The second-order valence-electron chi connectivity index (χ2n) is 4.52. The fourth-order valence-electron chi connectivity index (χ4n) is 1.99. The van der Waals surface area contributed by atoms with Gasteiger partial charge in [0.15, 0.2) is 0 Å². The molecule has 2 aromatic rings. The van der Waals surface area contributed by atoms with E-state index in [1.807, 2.05) is 18.2 Å². The molecule has 100 valence electrons. The largest absolute Gasteiger partial charge is 0.475 e. The Morgan fingerprint density at radius 3 is 2.74 bits per heavy atom. The van der Waals surface area contributed by atoms with Crippen molar-refractivity contribution in [2.24, 2.45) is 0 Å². The Morgan fingerprint density at radius 2 is 2.05 bits per heavy atom. The summed E-state index contributed by atoms with van der Waals surface area (Å²) in [7, 11) is 0. The first-order valence-corrected chi connectivity index (χ1v) is 6.24. The molecule has 1 aromatic carbocycles. The van der Waals surface area contributed by atoms with Crippen molar-refractivity contribution in [2.45, 2.75) is 19.4 Å². The van der Waals surface area contributed by atoms with Gasteiger partial charge in [0.2, 0.25) is 5.76 Å². The van der Waals surface area contributed by atoms with Crippen LogP contribution in [0.5, 0.6) is 0 Å². The number of furan rings is 1. The van der Waals surface area contributed by atoms with E-state index in [0.717, 1.165) is 6.54 Å². The standard InChI is InChI=1S/C15H17NO3/c1-11(12-5-3-2-4-6-12)9-16-10-13-7-8-19-14(13)15(17)18/h2-8,11,16H,9-10H2,1H3,(H,17,18). The number of benzene rings is 1. The molecule has 0 amide bonds. The molecule has 4 heteroatoms. The molecule has 0 bridgehead atoms. The topological polar surface area (TPSA) is 62.5 Å². The van der Waals surface area contributed by atoms with Crippen LogP contribution in [-0.2, 0) is 6.54 Å². The molecule has 0 radical (unpaired) electrons. The fourth-order valence-corrected chi connectivity index (χ4v) is 1.99. The minimum absolute atomic E-state index is 0.0138. The SMILES string of the molecule is CC(CNCc1ccoc1C(=O)O)c1ccccc1. The van der Waals surface area contributed by atoms with Crippen LogP contribution in [0.15, 0.2) is 47.1 Å². The van der Waals surface area contributed by atoms with Crippen molar-refractivity contribution in [2.75, 3.05) is 6.54 Å². The van der Waals surface area contributed by atoms with Gasteiger partial charge < -0.3 is 14.8 Å². The Balaban J connectivity index is 1.87. The third kappa shape index (κ3) is 3.45. The van der Waals surface area contributed by atoms with Gasteiger partial charge in [-0.25, -0.2) is 4.79 Å². The van der Waals surface area contributed by atoms with E-state index in [1.54, 1.807) is 6.07 Å². The molecule has 0 aliphatic carbocycles. The average Bonchev–Trinajstić information content (AvgIpc) is 2.88. The Kier molecular flexibility index (Phi) is 4.36. The third-order valence-corrected chi connectivity index (χ3v) is 3.08. The number of carboxylic acids is 1. The molecule has 0 fully saturated rings. The molecular weight excluding hydrogens is 242 g/mol. The number of carbonyl (C=O) groups is 1. The lowest BCUT2D eigenvalue weighted by Gasteiger charge is -2.12. The lowest BCUT2D eigenvalue weighted by Crippen LogP contribution is -2.20. The monoisotopic (exact) mass is 259 g/mol.